The van der Waals surface area contributed by atoms with Gasteiger partial charge in [-0.05, 0) is 36.8 Å². The molecule has 0 aromatic carbocycles. The minimum Gasteiger partial charge on any atom is -0.389 e. The van der Waals surface area contributed by atoms with Gasteiger partial charge in [-0.2, -0.15) is 17.0 Å². The molecule has 0 unspecified atom stereocenters. The molecule has 146 valence electrons. The second-order valence-electron chi connectivity index (χ2n) is 7.56. The first-order valence-electron chi connectivity index (χ1n) is 8.82. The van der Waals surface area contributed by atoms with Crippen molar-refractivity contribution in [3.05, 3.63) is 21.9 Å². The van der Waals surface area contributed by atoms with E-state index in [0.29, 0.717) is 32.5 Å². The number of thiophene rings is 1. The van der Waals surface area contributed by atoms with Crippen molar-refractivity contribution in [3.63, 3.8) is 0 Å². The number of fused-ring (bicyclic) bond motifs is 1. The molecule has 0 saturated carbocycles. The maximum atomic E-state index is 12.4. The third-order valence-corrected chi connectivity index (χ3v) is 8.50. The van der Waals surface area contributed by atoms with Gasteiger partial charge in [0.05, 0.1) is 10.5 Å². The Morgan fingerprint density at radius 1 is 1.35 bits per heavy atom. The molecule has 7 nitrogen and oxygen atoms in total. The van der Waals surface area contributed by atoms with Crippen LogP contribution in [0.5, 0.6) is 0 Å². The van der Waals surface area contributed by atoms with Crippen molar-refractivity contribution in [2.75, 3.05) is 40.3 Å². The molecule has 1 N–H and O–H groups in total. The summed E-state index contributed by atoms with van der Waals surface area (Å²) in [6.45, 7) is 4.42. The Morgan fingerprint density at radius 2 is 2.04 bits per heavy atom. The van der Waals surface area contributed by atoms with Crippen molar-refractivity contribution in [2.24, 2.45) is 5.92 Å². The van der Waals surface area contributed by atoms with Gasteiger partial charge < -0.3 is 5.11 Å². The zero-order chi connectivity index (χ0) is 19.1. The van der Waals surface area contributed by atoms with Crippen molar-refractivity contribution >= 4 is 27.3 Å². The summed E-state index contributed by atoms with van der Waals surface area (Å²) >= 11 is 1.46. The minimum atomic E-state index is -3.46. The number of rotatable bonds is 5. The van der Waals surface area contributed by atoms with Gasteiger partial charge in [0.2, 0.25) is 0 Å². The van der Waals surface area contributed by atoms with Crippen molar-refractivity contribution < 1.29 is 18.3 Å². The van der Waals surface area contributed by atoms with E-state index in [0.717, 1.165) is 23.5 Å². The number of ketones is 1. The van der Waals surface area contributed by atoms with Crippen LogP contribution in [-0.4, -0.2) is 78.7 Å². The molecule has 3 rings (SSSR count). The van der Waals surface area contributed by atoms with Gasteiger partial charge in [-0.3, -0.25) is 9.69 Å². The molecule has 1 aromatic rings. The average Bonchev–Trinajstić information content (AvgIpc) is 3.03. The molecule has 0 bridgehead atoms. The predicted molar refractivity (Wildman–Crippen MR) is 101 cm³/mol. The highest BCUT2D eigenvalue weighted by Gasteiger charge is 2.47. The molecule has 0 aliphatic carbocycles. The van der Waals surface area contributed by atoms with Crippen LogP contribution >= 0.6 is 11.3 Å². The summed E-state index contributed by atoms with van der Waals surface area (Å²) in [5.41, 5.74) is 0.313. The highest BCUT2D eigenvalue weighted by molar-refractivity contribution is 7.86. The van der Waals surface area contributed by atoms with Crippen molar-refractivity contribution in [1.29, 1.82) is 0 Å². The van der Waals surface area contributed by atoms with Crippen molar-refractivity contribution in [1.82, 2.24) is 13.5 Å². The predicted octanol–water partition coefficient (Wildman–Crippen LogP) is 1.02. The summed E-state index contributed by atoms with van der Waals surface area (Å²) in [6.07, 6.45) is 1.13. The Hall–Kier alpha value is -0.840. The first-order valence-corrected chi connectivity index (χ1v) is 11.1. The van der Waals surface area contributed by atoms with E-state index in [1.54, 1.807) is 6.92 Å². The summed E-state index contributed by atoms with van der Waals surface area (Å²) in [5, 5.41) is 13.0. The molecular formula is C17H27N3O4S2. The normalized spacial score (nSPS) is 28.3. The molecule has 2 fully saturated rings. The molecule has 1 aromatic heterocycles. The maximum absolute atomic E-state index is 12.4. The van der Waals surface area contributed by atoms with E-state index >= 15 is 0 Å². The Labute approximate surface area is 159 Å². The van der Waals surface area contributed by atoms with E-state index in [9.17, 15) is 18.3 Å². The van der Waals surface area contributed by atoms with Crippen LogP contribution in [0.3, 0.4) is 0 Å². The van der Waals surface area contributed by atoms with Gasteiger partial charge >= 0.3 is 0 Å². The fourth-order valence-electron chi connectivity index (χ4n) is 3.83. The van der Waals surface area contributed by atoms with E-state index in [-0.39, 0.29) is 11.7 Å². The average molecular weight is 402 g/mol. The SMILES string of the molecule is CC(=O)c1cc(CN2CC[C@]3(O)CCN(S(=O)(=O)N(C)C)C[C@@H]3C2)cs1. The summed E-state index contributed by atoms with van der Waals surface area (Å²) in [6, 6.07) is 1.93. The number of likely N-dealkylation sites (tertiary alicyclic amines) is 1. The number of aliphatic hydroxyl groups is 1. The number of piperidine rings is 2. The first-order chi connectivity index (χ1) is 12.1. The van der Waals surface area contributed by atoms with Gasteiger partial charge in [0.25, 0.3) is 10.2 Å². The fourth-order valence-corrected chi connectivity index (χ4v) is 5.78. The van der Waals surface area contributed by atoms with Gasteiger partial charge in [0.1, 0.15) is 0 Å². The van der Waals surface area contributed by atoms with Gasteiger partial charge in [-0.1, -0.05) is 0 Å². The van der Waals surface area contributed by atoms with Crippen LogP contribution in [0.1, 0.15) is 35.0 Å². The molecule has 0 amide bonds. The smallest absolute Gasteiger partial charge is 0.281 e. The van der Waals surface area contributed by atoms with Crippen molar-refractivity contribution in [3.8, 4) is 0 Å². The lowest BCUT2D eigenvalue weighted by Gasteiger charge is -2.50. The largest absolute Gasteiger partial charge is 0.389 e. The third-order valence-electron chi connectivity index (χ3n) is 5.51. The van der Waals surface area contributed by atoms with Gasteiger partial charge in [0, 0.05) is 52.7 Å². The fraction of sp³-hybridized carbons (Fsp3) is 0.706. The molecule has 26 heavy (non-hydrogen) atoms. The topological polar surface area (TPSA) is 81.2 Å². The zero-order valence-corrected chi connectivity index (χ0v) is 17.1. The van der Waals surface area contributed by atoms with E-state index in [1.165, 1.54) is 34.0 Å². The number of carbonyl (C=O) groups excluding carboxylic acids is 1. The standard InChI is InChI=1S/C17H27N3O4S2/c1-13(21)16-8-14(12-25-16)9-19-6-4-17(22)5-7-20(11-15(17)10-19)26(23,24)18(2)3/h8,12,15,22H,4-7,9-11H2,1-3H3/t15-,17-/m0/s1. The van der Waals surface area contributed by atoms with E-state index in [2.05, 4.69) is 4.90 Å². The molecule has 2 saturated heterocycles. The molecule has 2 aliphatic rings. The summed E-state index contributed by atoms with van der Waals surface area (Å²) < 4.78 is 27.6. The monoisotopic (exact) mass is 401 g/mol. The Morgan fingerprint density at radius 3 is 2.65 bits per heavy atom. The van der Waals surface area contributed by atoms with Crippen LogP contribution in [0.4, 0.5) is 0 Å². The number of hydrogen-bond donors (Lipinski definition) is 1. The van der Waals surface area contributed by atoms with Gasteiger partial charge in [0.15, 0.2) is 5.78 Å². The summed E-state index contributed by atoms with van der Waals surface area (Å²) in [5.74, 6) is -0.0308. The minimum absolute atomic E-state index is 0.0751. The van der Waals surface area contributed by atoms with Crippen LogP contribution in [0.2, 0.25) is 0 Å². The summed E-state index contributed by atoms with van der Waals surface area (Å²) in [4.78, 5) is 14.5. The molecule has 2 aliphatic heterocycles. The Kier molecular flexibility index (Phi) is 5.58. The second kappa shape index (κ2) is 7.29. The van der Waals surface area contributed by atoms with Crippen molar-refractivity contribution in [2.45, 2.75) is 31.9 Å². The van der Waals surface area contributed by atoms with E-state index in [4.69, 9.17) is 0 Å². The van der Waals surface area contributed by atoms with Crippen LogP contribution < -0.4 is 0 Å². The molecule has 0 radical (unpaired) electrons. The lowest BCUT2D eigenvalue weighted by molar-refractivity contribution is -0.103. The van der Waals surface area contributed by atoms with Crippen LogP contribution in [-0.2, 0) is 16.8 Å². The van der Waals surface area contributed by atoms with Crippen LogP contribution in [0.25, 0.3) is 0 Å². The highest BCUT2D eigenvalue weighted by Crippen LogP contribution is 2.37. The molecular weight excluding hydrogens is 374 g/mol. The van der Waals surface area contributed by atoms with Gasteiger partial charge in [-0.25, -0.2) is 0 Å². The third kappa shape index (κ3) is 3.88. The number of carbonyl (C=O) groups is 1. The lowest BCUT2D eigenvalue weighted by Crippen LogP contribution is -2.61. The van der Waals surface area contributed by atoms with Crippen LogP contribution in [0, 0.1) is 5.92 Å². The molecule has 2 atom stereocenters. The Balaban J connectivity index is 1.68. The summed E-state index contributed by atoms with van der Waals surface area (Å²) in [7, 11) is -0.390. The maximum Gasteiger partial charge on any atom is 0.281 e. The molecule has 0 spiro atoms. The Bertz CT molecular complexity index is 777. The van der Waals surface area contributed by atoms with E-state index in [1.807, 2.05) is 11.4 Å². The lowest BCUT2D eigenvalue weighted by atomic mass is 9.76. The number of hydrogen-bond acceptors (Lipinski definition) is 6. The second-order valence-corrected chi connectivity index (χ2v) is 10.6. The number of Topliss-reactive ketones (excluding diaryl/α,β-unsaturated/α-hetero) is 1. The van der Waals surface area contributed by atoms with E-state index < -0.39 is 15.8 Å². The van der Waals surface area contributed by atoms with Crippen LogP contribution in [0.15, 0.2) is 11.4 Å². The quantitative estimate of drug-likeness (QED) is 0.745. The number of nitrogens with zero attached hydrogens (tertiary/aromatic N) is 3. The molecule has 3 heterocycles. The zero-order valence-electron chi connectivity index (χ0n) is 15.5. The highest BCUT2D eigenvalue weighted by atomic mass is 32.2. The first kappa shape index (κ1) is 19.9. The molecule has 9 heteroatoms. The van der Waals surface area contributed by atoms with Gasteiger partial charge in [-0.15, -0.1) is 11.3 Å².